The van der Waals surface area contributed by atoms with E-state index in [2.05, 4.69) is 22.1 Å². The Kier molecular flexibility index (Phi) is 4.04. The predicted octanol–water partition coefficient (Wildman–Crippen LogP) is 0.982. The molecule has 1 fully saturated rings. The molecule has 0 saturated carbocycles. The van der Waals surface area contributed by atoms with Crippen molar-refractivity contribution in [3.63, 3.8) is 0 Å². The number of likely N-dealkylation sites (N-methyl/N-ethyl adjacent to an activating group) is 1. The number of hydrazone groups is 1. The zero-order valence-electron chi connectivity index (χ0n) is 10.8. The number of ether oxygens (including phenoxy) is 1. The van der Waals surface area contributed by atoms with E-state index in [-0.39, 0.29) is 5.75 Å². The topological polar surface area (TPSA) is 48.3 Å². The summed E-state index contributed by atoms with van der Waals surface area (Å²) >= 11 is 0. The molecule has 1 heterocycles. The molecule has 1 aromatic carbocycles. The van der Waals surface area contributed by atoms with Gasteiger partial charge in [-0.15, -0.1) is 0 Å². The number of methoxy groups -OCH3 is 1. The standard InChI is InChI=1S/C13H19N3O2/c1-15-5-7-16(8-6-15)14-10-11-3-4-12(17)13(9-11)18-2/h3-4,9-10,17H,5-8H2,1-2H3/b14-10-. The number of piperazine rings is 1. The fourth-order valence-corrected chi connectivity index (χ4v) is 1.83. The number of hydrogen-bond acceptors (Lipinski definition) is 5. The van der Waals surface area contributed by atoms with Crippen LogP contribution in [0, 0.1) is 0 Å². The fraction of sp³-hybridized carbons (Fsp3) is 0.462. The lowest BCUT2D eigenvalue weighted by molar-refractivity contribution is 0.159. The number of phenolic OH excluding ortho intramolecular Hbond substituents is 1. The third kappa shape index (κ3) is 3.13. The average Bonchev–Trinajstić information content (AvgIpc) is 2.39. The Morgan fingerprint density at radius 1 is 1.28 bits per heavy atom. The van der Waals surface area contributed by atoms with Gasteiger partial charge in [-0.1, -0.05) is 0 Å². The summed E-state index contributed by atoms with van der Waals surface area (Å²) in [6.07, 6.45) is 1.80. The Balaban J connectivity index is 2.00. The Morgan fingerprint density at radius 3 is 2.67 bits per heavy atom. The van der Waals surface area contributed by atoms with E-state index in [1.165, 1.54) is 7.11 Å². The Bertz CT molecular complexity index is 426. The Hall–Kier alpha value is -1.75. The molecule has 1 saturated heterocycles. The number of hydrogen-bond donors (Lipinski definition) is 1. The van der Waals surface area contributed by atoms with Crippen LogP contribution in [0.2, 0.25) is 0 Å². The number of benzene rings is 1. The van der Waals surface area contributed by atoms with Crippen molar-refractivity contribution >= 4 is 6.21 Å². The molecule has 0 aromatic heterocycles. The number of rotatable bonds is 3. The first kappa shape index (κ1) is 12.7. The maximum absolute atomic E-state index is 9.50. The number of nitrogens with zero attached hydrogens (tertiary/aromatic N) is 3. The van der Waals surface area contributed by atoms with Crippen molar-refractivity contribution in [1.29, 1.82) is 0 Å². The summed E-state index contributed by atoms with van der Waals surface area (Å²) in [5, 5.41) is 16.0. The lowest BCUT2D eigenvalue weighted by Crippen LogP contribution is -2.41. The van der Waals surface area contributed by atoms with E-state index in [1.807, 2.05) is 6.07 Å². The van der Waals surface area contributed by atoms with Gasteiger partial charge in [0, 0.05) is 26.2 Å². The summed E-state index contributed by atoms with van der Waals surface area (Å²) in [7, 11) is 3.66. The monoisotopic (exact) mass is 249 g/mol. The second kappa shape index (κ2) is 5.73. The molecular formula is C13H19N3O2. The van der Waals surface area contributed by atoms with Gasteiger partial charge in [0.15, 0.2) is 11.5 Å². The van der Waals surface area contributed by atoms with Gasteiger partial charge in [0.2, 0.25) is 0 Å². The first-order chi connectivity index (χ1) is 8.69. The van der Waals surface area contributed by atoms with Crippen LogP contribution >= 0.6 is 0 Å². The van der Waals surface area contributed by atoms with Gasteiger partial charge in [0.05, 0.1) is 13.3 Å². The van der Waals surface area contributed by atoms with Gasteiger partial charge in [-0.2, -0.15) is 5.10 Å². The average molecular weight is 249 g/mol. The van der Waals surface area contributed by atoms with E-state index in [4.69, 9.17) is 4.74 Å². The summed E-state index contributed by atoms with van der Waals surface area (Å²) in [5.41, 5.74) is 0.920. The molecule has 5 nitrogen and oxygen atoms in total. The summed E-state index contributed by atoms with van der Waals surface area (Å²) < 4.78 is 5.06. The molecule has 0 radical (unpaired) electrons. The molecule has 0 amide bonds. The molecule has 0 atom stereocenters. The van der Waals surface area contributed by atoms with E-state index in [9.17, 15) is 5.11 Å². The maximum atomic E-state index is 9.50. The summed E-state index contributed by atoms with van der Waals surface area (Å²) in [5.74, 6) is 0.617. The highest BCUT2D eigenvalue weighted by molar-refractivity contribution is 5.80. The van der Waals surface area contributed by atoms with Gasteiger partial charge < -0.3 is 14.7 Å². The van der Waals surface area contributed by atoms with Crippen molar-refractivity contribution < 1.29 is 9.84 Å². The van der Waals surface area contributed by atoms with Gasteiger partial charge in [0.1, 0.15) is 0 Å². The van der Waals surface area contributed by atoms with Crippen LogP contribution in [-0.4, -0.2) is 61.6 Å². The fourth-order valence-electron chi connectivity index (χ4n) is 1.83. The molecule has 98 valence electrons. The molecule has 0 spiro atoms. The molecule has 1 aliphatic rings. The number of aromatic hydroxyl groups is 1. The van der Waals surface area contributed by atoms with Crippen molar-refractivity contribution in [3.8, 4) is 11.5 Å². The smallest absolute Gasteiger partial charge is 0.161 e. The van der Waals surface area contributed by atoms with E-state index in [0.717, 1.165) is 31.7 Å². The van der Waals surface area contributed by atoms with Crippen LogP contribution in [0.5, 0.6) is 11.5 Å². The Morgan fingerprint density at radius 2 is 2.00 bits per heavy atom. The van der Waals surface area contributed by atoms with Gasteiger partial charge in [-0.05, 0) is 30.8 Å². The predicted molar refractivity (Wildman–Crippen MR) is 71.3 cm³/mol. The molecule has 1 aromatic rings. The van der Waals surface area contributed by atoms with Crippen molar-refractivity contribution in [3.05, 3.63) is 23.8 Å². The third-order valence-electron chi connectivity index (χ3n) is 3.05. The first-order valence-electron chi connectivity index (χ1n) is 6.03. The van der Waals surface area contributed by atoms with Crippen LogP contribution in [-0.2, 0) is 0 Å². The van der Waals surface area contributed by atoms with Crippen LogP contribution in [0.1, 0.15) is 5.56 Å². The SMILES string of the molecule is COc1cc(/C=N\N2CCN(C)CC2)ccc1O. The van der Waals surface area contributed by atoms with Crippen LogP contribution in [0.3, 0.4) is 0 Å². The van der Waals surface area contributed by atoms with Crippen LogP contribution < -0.4 is 4.74 Å². The highest BCUT2D eigenvalue weighted by Crippen LogP contribution is 2.25. The second-order valence-electron chi connectivity index (χ2n) is 4.43. The molecule has 0 bridgehead atoms. The highest BCUT2D eigenvalue weighted by atomic mass is 16.5. The maximum Gasteiger partial charge on any atom is 0.161 e. The molecule has 0 unspecified atom stereocenters. The minimum Gasteiger partial charge on any atom is -0.504 e. The normalized spacial score (nSPS) is 17.3. The first-order valence-corrected chi connectivity index (χ1v) is 6.03. The lowest BCUT2D eigenvalue weighted by Gasteiger charge is -2.30. The highest BCUT2D eigenvalue weighted by Gasteiger charge is 2.10. The lowest BCUT2D eigenvalue weighted by atomic mass is 10.2. The van der Waals surface area contributed by atoms with E-state index in [1.54, 1.807) is 18.3 Å². The molecule has 2 rings (SSSR count). The largest absolute Gasteiger partial charge is 0.504 e. The third-order valence-corrected chi connectivity index (χ3v) is 3.05. The zero-order valence-corrected chi connectivity index (χ0v) is 10.8. The zero-order chi connectivity index (χ0) is 13.0. The van der Waals surface area contributed by atoms with Crippen molar-refractivity contribution in [2.24, 2.45) is 5.10 Å². The van der Waals surface area contributed by atoms with Crippen molar-refractivity contribution in [2.75, 3.05) is 40.3 Å². The quantitative estimate of drug-likeness (QED) is 0.811. The summed E-state index contributed by atoms with van der Waals surface area (Å²) in [6.45, 7) is 3.97. The number of phenols is 1. The Labute approximate surface area is 107 Å². The molecule has 1 aliphatic heterocycles. The summed E-state index contributed by atoms with van der Waals surface area (Å²) in [4.78, 5) is 2.29. The minimum atomic E-state index is 0.147. The van der Waals surface area contributed by atoms with Crippen molar-refractivity contribution in [2.45, 2.75) is 0 Å². The van der Waals surface area contributed by atoms with Gasteiger partial charge in [-0.25, -0.2) is 0 Å². The van der Waals surface area contributed by atoms with Gasteiger partial charge in [-0.3, -0.25) is 5.01 Å². The van der Waals surface area contributed by atoms with E-state index in [0.29, 0.717) is 5.75 Å². The molecule has 0 aliphatic carbocycles. The molecule has 1 N–H and O–H groups in total. The molecular weight excluding hydrogens is 230 g/mol. The van der Waals surface area contributed by atoms with Crippen LogP contribution in [0.4, 0.5) is 0 Å². The van der Waals surface area contributed by atoms with Crippen LogP contribution in [0.15, 0.2) is 23.3 Å². The van der Waals surface area contributed by atoms with E-state index >= 15 is 0 Å². The van der Waals surface area contributed by atoms with Crippen LogP contribution in [0.25, 0.3) is 0 Å². The van der Waals surface area contributed by atoms with Crippen molar-refractivity contribution in [1.82, 2.24) is 9.91 Å². The van der Waals surface area contributed by atoms with Gasteiger partial charge >= 0.3 is 0 Å². The van der Waals surface area contributed by atoms with E-state index < -0.39 is 0 Å². The van der Waals surface area contributed by atoms with Gasteiger partial charge in [0.25, 0.3) is 0 Å². The summed E-state index contributed by atoms with van der Waals surface area (Å²) in [6, 6.07) is 5.20. The molecule has 5 heteroatoms. The minimum absolute atomic E-state index is 0.147. The molecule has 18 heavy (non-hydrogen) atoms. The second-order valence-corrected chi connectivity index (χ2v) is 4.43.